The molecule has 21 aromatic carbocycles. The molecule has 2 unspecified atom stereocenters. The number of aromatic nitrogens is 10. The van der Waals surface area contributed by atoms with Gasteiger partial charge in [-0.2, -0.15) is 0 Å². The summed E-state index contributed by atoms with van der Waals surface area (Å²) in [4.78, 5) is 30.3. The SMILES string of the molecule is C1=CC2c3cccc(-c4nc(-c5ccccc5)nc(-c5ccccc5)n4)c3OC2C(n2c3ccccc3c3cc(-c4cccc5c4sc4c5ccc5c6ccccc6n(-c6ccccc6)c54)ccc32)=C1.c1ccc(-c2nc(-c3ccccc3)nc(-c3ccc4c5ccc(-n6c7ccccc7c7cc(-c8cccc9c8sc8c9ccc9c%10ccccc%10n(-c%10ccccc%10)c98)ccc76)cc5c5ccccc5c4c3)n2)cc1. The highest BCUT2D eigenvalue weighted by Gasteiger charge is 2.41. The van der Waals surface area contributed by atoms with E-state index in [4.69, 9.17) is 34.6 Å². The Morgan fingerprint density at radius 2 is 0.538 bits per heavy atom. The quantitative estimate of drug-likeness (QED) is 0.112. The van der Waals surface area contributed by atoms with Crippen LogP contribution in [0.1, 0.15) is 11.5 Å². The average molecular weight is 1890 g/mol. The molecule has 29 aromatic rings. The monoisotopic (exact) mass is 1880 g/mol. The van der Waals surface area contributed by atoms with E-state index in [0.29, 0.717) is 34.9 Å². The van der Waals surface area contributed by atoms with E-state index in [0.717, 1.165) is 72.5 Å². The first-order valence-electron chi connectivity index (χ1n) is 49.2. The third kappa shape index (κ3) is 13.0. The molecule has 0 saturated carbocycles. The van der Waals surface area contributed by atoms with Gasteiger partial charge in [-0.15, -0.1) is 22.7 Å². The Labute approximate surface area is 839 Å². The first kappa shape index (κ1) is 82.3. The van der Waals surface area contributed by atoms with E-state index in [1.54, 1.807) is 0 Å². The summed E-state index contributed by atoms with van der Waals surface area (Å²) in [6.07, 6.45) is 6.41. The van der Waals surface area contributed by atoms with Gasteiger partial charge in [0.25, 0.3) is 0 Å². The van der Waals surface area contributed by atoms with Crippen LogP contribution in [0.2, 0.25) is 0 Å². The summed E-state index contributed by atoms with van der Waals surface area (Å²) in [5, 5.41) is 22.2. The standard InChI is InChI=1S/C69H41N5S.C63H39N5OS/c1-4-17-42(18-5-1)67-70-68(43-19-6-2-7-20-43)72-69(71-67)45-31-34-51-52-35-33-47(41-59(52)50-24-11-10-23-49(50)58(51)40-45)73-61-29-14-13-26-54(61)60-39-44(32-38-63(60)73)48-27-16-28-56-57-37-36-55-53-25-12-15-30-62(53)74(46-21-8-3-9-22-46)64(55)66(57)75-65(48)56;1-4-17-38(18-5-1)61-64-62(39-19-6-2-7-20-39)66-63(65-61)50-29-15-26-46-47-27-16-32-55(58(47)69-57(46)50)68-53-31-13-11-24-44(53)51-37-40(33-36-54(51)68)42-25-14-28-48-49-35-34-45-43-23-10-12-30-52(43)67(41-21-8-3-9-22-41)56(45)60(49)70-59(42)48/h1-41H;1-37,47,58H. The molecule has 0 fully saturated rings. The minimum atomic E-state index is -0.278. The van der Waals surface area contributed by atoms with Crippen molar-refractivity contribution in [2.45, 2.75) is 12.0 Å². The number of benzene rings is 21. The van der Waals surface area contributed by atoms with E-state index >= 15 is 0 Å². The third-order valence-electron chi connectivity index (χ3n) is 29.7. The maximum absolute atomic E-state index is 7.24. The molecular weight excluding hydrogens is 1810 g/mol. The Morgan fingerprint density at radius 1 is 0.207 bits per heavy atom. The van der Waals surface area contributed by atoms with Crippen LogP contribution < -0.4 is 4.74 Å². The number of nitrogens with zero attached hydrogens (tertiary/aromatic N) is 10. The number of rotatable bonds is 12. The van der Waals surface area contributed by atoms with Crippen molar-refractivity contribution in [1.82, 2.24) is 48.2 Å². The molecule has 8 aromatic heterocycles. The number of allylic oxidation sites excluding steroid dienone is 2. The zero-order chi connectivity index (χ0) is 95.0. The fourth-order valence-electron chi connectivity index (χ4n) is 23.2. The lowest BCUT2D eigenvalue weighted by Crippen LogP contribution is -2.24. The lowest BCUT2D eigenvalue weighted by molar-refractivity contribution is 0.273. The number of ether oxygens (including phenoxy) is 1. The van der Waals surface area contributed by atoms with Gasteiger partial charge in [0, 0.05) is 130 Å². The molecule has 9 heterocycles. The van der Waals surface area contributed by atoms with Gasteiger partial charge in [-0.25, -0.2) is 29.9 Å². The topological polar surface area (TPSA) is 106 Å². The largest absolute Gasteiger partial charge is 0.482 e. The zero-order valence-electron chi connectivity index (χ0n) is 77.9. The minimum absolute atomic E-state index is 0.00733. The molecule has 13 heteroatoms. The number of thiophene rings is 2. The highest BCUT2D eigenvalue weighted by molar-refractivity contribution is 7.27. The zero-order valence-corrected chi connectivity index (χ0v) is 79.5. The van der Waals surface area contributed by atoms with Gasteiger partial charge in [0.2, 0.25) is 0 Å². The number of fused-ring (bicyclic) bond motifs is 29. The molecular formula is C132H80N10OS2. The highest BCUT2D eigenvalue weighted by Crippen LogP contribution is 2.54. The van der Waals surface area contributed by atoms with Crippen molar-refractivity contribution in [2.75, 3.05) is 0 Å². The number of hydrogen-bond donors (Lipinski definition) is 0. The molecule has 31 rings (SSSR count). The molecule has 0 bridgehead atoms. The number of hydrogen-bond acceptors (Lipinski definition) is 9. The predicted octanol–water partition coefficient (Wildman–Crippen LogP) is 34.6. The second-order valence-electron chi connectivity index (χ2n) is 37.7. The van der Waals surface area contributed by atoms with Gasteiger partial charge in [-0.1, -0.05) is 370 Å². The Bertz CT molecular complexity index is 10400. The van der Waals surface area contributed by atoms with E-state index in [2.05, 4.69) is 394 Å². The van der Waals surface area contributed by atoms with Crippen molar-refractivity contribution in [3.63, 3.8) is 0 Å². The van der Waals surface area contributed by atoms with E-state index in [1.807, 2.05) is 120 Å². The van der Waals surface area contributed by atoms with Gasteiger partial charge < -0.3 is 23.0 Å². The lowest BCUT2D eigenvalue weighted by Gasteiger charge is -2.25. The molecule has 145 heavy (non-hydrogen) atoms. The van der Waals surface area contributed by atoms with Crippen LogP contribution in [0.3, 0.4) is 0 Å². The molecule has 0 radical (unpaired) electrons. The summed E-state index contributed by atoms with van der Waals surface area (Å²) in [6, 6.07) is 163. The fraction of sp³-hybridized carbons (Fsp3) is 0.0152. The van der Waals surface area contributed by atoms with Crippen LogP contribution in [0, 0.1) is 0 Å². The average Bonchev–Trinajstić information content (AvgIpc) is 1.65. The molecule has 676 valence electrons. The fourth-order valence-corrected chi connectivity index (χ4v) is 25.9. The Hall–Kier alpha value is -18.7. The molecule has 1 aliphatic carbocycles. The van der Waals surface area contributed by atoms with Crippen molar-refractivity contribution >= 4 is 188 Å². The minimum Gasteiger partial charge on any atom is -0.482 e. The van der Waals surface area contributed by atoms with Gasteiger partial charge in [0.05, 0.1) is 64.8 Å². The van der Waals surface area contributed by atoms with Crippen LogP contribution in [0.4, 0.5) is 0 Å². The van der Waals surface area contributed by atoms with Gasteiger partial charge in [-0.3, -0.25) is 0 Å². The maximum Gasteiger partial charge on any atom is 0.167 e. The third-order valence-corrected chi connectivity index (χ3v) is 32.2. The van der Waals surface area contributed by atoms with Crippen LogP contribution in [0.15, 0.2) is 473 Å². The highest BCUT2D eigenvalue weighted by atomic mass is 32.1. The van der Waals surface area contributed by atoms with Crippen molar-refractivity contribution < 1.29 is 4.74 Å². The Balaban J connectivity index is 0.000000135. The van der Waals surface area contributed by atoms with Gasteiger partial charge in [-0.05, 0) is 158 Å². The first-order valence-corrected chi connectivity index (χ1v) is 50.8. The van der Waals surface area contributed by atoms with Crippen molar-refractivity contribution in [3.8, 4) is 113 Å². The van der Waals surface area contributed by atoms with Crippen LogP contribution in [0.5, 0.6) is 5.75 Å². The molecule has 2 aliphatic rings. The van der Waals surface area contributed by atoms with Crippen LogP contribution in [0.25, 0.3) is 273 Å². The first-order chi connectivity index (χ1) is 71.9. The smallest absolute Gasteiger partial charge is 0.167 e. The van der Waals surface area contributed by atoms with Gasteiger partial charge >= 0.3 is 0 Å². The summed E-state index contributed by atoms with van der Waals surface area (Å²) in [6.45, 7) is 0. The normalized spacial score (nSPS) is 13.6. The summed E-state index contributed by atoms with van der Waals surface area (Å²) >= 11 is 3.82. The van der Waals surface area contributed by atoms with Crippen molar-refractivity contribution in [2.24, 2.45) is 0 Å². The van der Waals surface area contributed by atoms with E-state index < -0.39 is 0 Å². The maximum atomic E-state index is 7.24. The Kier molecular flexibility index (Phi) is 18.7. The van der Waals surface area contributed by atoms with Crippen LogP contribution in [-0.4, -0.2) is 54.3 Å². The molecule has 0 amide bonds. The Morgan fingerprint density at radius 3 is 1.02 bits per heavy atom. The van der Waals surface area contributed by atoms with Crippen molar-refractivity contribution in [1.29, 1.82) is 0 Å². The molecule has 0 spiro atoms. The summed E-state index contributed by atoms with van der Waals surface area (Å²) < 4.78 is 22.2. The van der Waals surface area contributed by atoms with E-state index in [-0.39, 0.29) is 12.0 Å². The van der Waals surface area contributed by atoms with E-state index in [1.165, 1.54) is 177 Å². The van der Waals surface area contributed by atoms with Gasteiger partial charge in [0.15, 0.2) is 34.9 Å². The second-order valence-corrected chi connectivity index (χ2v) is 39.7. The molecule has 1 aliphatic heterocycles. The molecule has 11 nitrogen and oxygen atoms in total. The summed E-state index contributed by atoms with van der Waals surface area (Å²) in [7, 11) is 0. The second kappa shape index (κ2) is 33.0. The summed E-state index contributed by atoms with van der Waals surface area (Å²) in [5.74, 6) is 4.56. The van der Waals surface area contributed by atoms with Crippen molar-refractivity contribution in [3.05, 3.63) is 479 Å². The summed E-state index contributed by atoms with van der Waals surface area (Å²) in [5.41, 5.74) is 25.7. The van der Waals surface area contributed by atoms with E-state index in [9.17, 15) is 0 Å². The van der Waals surface area contributed by atoms with Crippen LogP contribution >= 0.6 is 22.7 Å². The molecule has 2 atom stereocenters. The van der Waals surface area contributed by atoms with Gasteiger partial charge in [0.1, 0.15) is 11.9 Å². The molecule has 0 N–H and O–H groups in total. The molecule has 0 saturated heterocycles. The van der Waals surface area contributed by atoms with Crippen LogP contribution in [-0.2, 0) is 0 Å². The number of para-hydroxylation sites is 7. The lowest BCUT2D eigenvalue weighted by atomic mass is 9.89. The predicted molar refractivity (Wildman–Crippen MR) is 604 cm³/mol.